The predicted octanol–water partition coefficient (Wildman–Crippen LogP) is 5.71. The molecule has 3 aromatic carbocycles. The molecule has 2 nitrogen and oxygen atoms in total. The van der Waals surface area contributed by atoms with Gasteiger partial charge in [0.2, 0.25) is 0 Å². The number of likely N-dealkylation sites (N-methyl/N-ethyl adjacent to an activating group) is 1. The molecule has 0 fully saturated rings. The van der Waals surface area contributed by atoms with E-state index in [0.717, 1.165) is 42.1 Å². The summed E-state index contributed by atoms with van der Waals surface area (Å²) in [6.45, 7) is 1.78. The molecule has 0 unspecified atom stereocenters. The second-order valence-electron chi connectivity index (χ2n) is 7.18. The quantitative estimate of drug-likeness (QED) is 0.493. The first kappa shape index (κ1) is 20.1. The summed E-state index contributed by atoms with van der Waals surface area (Å²) in [5, 5.41) is 11.0. The van der Waals surface area contributed by atoms with Gasteiger partial charge in [0.05, 0.1) is 6.07 Å². The fourth-order valence-corrected chi connectivity index (χ4v) is 3.65. The molecule has 0 heterocycles. The van der Waals surface area contributed by atoms with Crippen LogP contribution in [0.25, 0.3) is 0 Å². The molecule has 142 valence electrons. The zero-order valence-electron chi connectivity index (χ0n) is 16.2. The summed E-state index contributed by atoms with van der Waals surface area (Å²) in [5.74, 6) is 0. The van der Waals surface area contributed by atoms with Gasteiger partial charge in [0.15, 0.2) is 0 Å². The maximum atomic E-state index is 10.2. The van der Waals surface area contributed by atoms with Gasteiger partial charge in [-0.15, -0.1) is 0 Å². The first-order chi connectivity index (χ1) is 13.6. The molecule has 0 amide bonds. The van der Waals surface area contributed by atoms with E-state index in [1.165, 1.54) is 5.56 Å². The summed E-state index contributed by atoms with van der Waals surface area (Å²) in [6, 6.07) is 30.9. The Morgan fingerprint density at radius 3 is 1.86 bits per heavy atom. The Hall–Kier alpha value is -2.60. The highest BCUT2D eigenvalue weighted by atomic mass is 35.5. The number of hydrogen-bond donors (Lipinski definition) is 0. The fourth-order valence-electron chi connectivity index (χ4n) is 3.53. The van der Waals surface area contributed by atoms with Crippen LogP contribution in [0.15, 0.2) is 84.9 Å². The molecule has 0 spiro atoms. The Balaban J connectivity index is 1.73. The highest BCUT2D eigenvalue weighted by molar-refractivity contribution is 6.30. The molecule has 0 bridgehead atoms. The minimum absolute atomic E-state index is 0.642. The van der Waals surface area contributed by atoms with Crippen molar-refractivity contribution in [1.29, 1.82) is 5.26 Å². The predicted molar refractivity (Wildman–Crippen MR) is 117 cm³/mol. The molecule has 0 saturated carbocycles. The molecule has 28 heavy (non-hydrogen) atoms. The SMILES string of the molecule is CN(CCc1ccc(Cl)cc1)CCC(C#N)(c1ccccc1)c1ccccc1. The van der Waals surface area contributed by atoms with Gasteiger partial charge in [0.25, 0.3) is 0 Å². The zero-order valence-corrected chi connectivity index (χ0v) is 16.9. The van der Waals surface area contributed by atoms with Gasteiger partial charge < -0.3 is 4.90 Å². The summed E-state index contributed by atoms with van der Waals surface area (Å²) >= 11 is 5.97. The highest BCUT2D eigenvalue weighted by Gasteiger charge is 2.34. The van der Waals surface area contributed by atoms with Gasteiger partial charge in [0, 0.05) is 18.1 Å². The molecule has 0 aliphatic carbocycles. The lowest BCUT2D eigenvalue weighted by Gasteiger charge is -2.30. The van der Waals surface area contributed by atoms with Crippen LogP contribution in [0.3, 0.4) is 0 Å². The van der Waals surface area contributed by atoms with Crippen molar-refractivity contribution in [2.75, 3.05) is 20.1 Å². The minimum Gasteiger partial charge on any atom is -0.306 e. The maximum Gasteiger partial charge on any atom is 0.108 e. The largest absolute Gasteiger partial charge is 0.306 e. The van der Waals surface area contributed by atoms with Crippen LogP contribution in [0, 0.1) is 11.3 Å². The monoisotopic (exact) mass is 388 g/mol. The van der Waals surface area contributed by atoms with Crippen molar-refractivity contribution in [3.05, 3.63) is 107 Å². The number of rotatable bonds is 8. The lowest BCUT2D eigenvalue weighted by atomic mass is 9.73. The first-order valence-corrected chi connectivity index (χ1v) is 9.97. The van der Waals surface area contributed by atoms with Crippen LogP contribution in [-0.4, -0.2) is 25.0 Å². The van der Waals surface area contributed by atoms with Gasteiger partial charge in [0.1, 0.15) is 5.41 Å². The van der Waals surface area contributed by atoms with Crippen LogP contribution < -0.4 is 0 Å². The minimum atomic E-state index is -0.642. The third-order valence-corrected chi connectivity index (χ3v) is 5.54. The topological polar surface area (TPSA) is 27.0 Å². The molecule has 3 heteroatoms. The van der Waals surface area contributed by atoms with Crippen molar-refractivity contribution >= 4 is 11.6 Å². The molecule has 0 aromatic heterocycles. The molecule has 3 rings (SSSR count). The van der Waals surface area contributed by atoms with Gasteiger partial charge >= 0.3 is 0 Å². The lowest BCUT2D eigenvalue weighted by Crippen LogP contribution is -2.32. The van der Waals surface area contributed by atoms with E-state index < -0.39 is 5.41 Å². The van der Waals surface area contributed by atoms with Gasteiger partial charge in [-0.3, -0.25) is 0 Å². The number of nitriles is 1. The summed E-state index contributed by atoms with van der Waals surface area (Å²) < 4.78 is 0. The van der Waals surface area contributed by atoms with Crippen LogP contribution in [0.2, 0.25) is 5.02 Å². The van der Waals surface area contributed by atoms with Crippen molar-refractivity contribution in [3.8, 4) is 6.07 Å². The molecule has 0 aliphatic rings. The summed E-state index contributed by atoms with van der Waals surface area (Å²) in [6.07, 6.45) is 1.71. The third kappa shape index (κ3) is 4.81. The van der Waals surface area contributed by atoms with E-state index in [-0.39, 0.29) is 0 Å². The van der Waals surface area contributed by atoms with Crippen LogP contribution in [-0.2, 0) is 11.8 Å². The smallest absolute Gasteiger partial charge is 0.108 e. The molecule has 3 aromatic rings. The van der Waals surface area contributed by atoms with Crippen LogP contribution in [0.1, 0.15) is 23.1 Å². The molecule has 0 saturated heterocycles. The average Bonchev–Trinajstić information content (AvgIpc) is 2.76. The highest BCUT2D eigenvalue weighted by Crippen LogP contribution is 2.35. The van der Waals surface area contributed by atoms with Crippen LogP contribution >= 0.6 is 11.6 Å². The Morgan fingerprint density at radius 2 is 1.36 bits per heavy atom. The molecular formula is C25H25ClN2. The molecule has 0 radical (unpaired) electrons. The van der Waals surface area contributed by atoms with E-state index in [2.05, 4.69) is 54.4 Å². The fraction of sp³-hybridized carbons (Fsp3) is 0.240. The van der Waals surface area contributed by atoms with Gasteiger partial charge in [-0.25, -0.2) is 0 Å². The second kappa shape index (κ2) is 9.55. The number of hydrogen-bond acceptors (Lipinski definition) is 2. The summed E-state index contributed by atoms with van der Waals surface area (Å²) in [7, 11) is 2.12. The number of benzene rings is 3. The third-order valence-electron chi connectivity index (χ3n) is 5.29. The van der Waals surface area contributed by atoms with E-state index in [9.17, 15) is 5.26 Å². The summed E-state index contributed by atoms with van der Waals surface area (Å²) in [5.41, 5.74) is 2.73. The molecule has 0 atom stereocenters. The Labute approximate surface area is 173 Å². The van der Waals surface area contributed by atoms with Crippen LogP contribution in [0.5, 0.6) is 0 Å². The second-order valence-corrected chi connectivity index (χ2v) is 7.62. The maximum absolute atomic E-state index is 10.2. The van der Waals surface area contributed by atoms with Crippen molar-refractivity contribution in [2.45, 2.75) is 18.3 Å². The molecule has 0 N–H and O–H groups in total. The molecule has 0 aliphatic heterocycles. The summed E-state index contributed by atoms with van der Waals surface area (Å²) in [4.78, 5) is 2.30. The lowest BCUT2D eigenvalue weighted by molar-refractivity contribution is 0.315. The normalized spacial score (nSPS) is 11.4. The van der Waals surface area contributed by atoms with E-state index >= 15 is 0 Å². The Morgan fingerprint density at radius 1 is 0.821 bits per heavy atom. The van der Waals surface area contributed by atoms with E-state index in [0.29, 0.717) is 0 Å². The Kier molecular flexibility index (Phi) is 6.87. The first-order valence-electron chi connectivity index (χ1n) is 9.59. The van der Waals surface area contributed by atoms with Crippen molar-refractivity contribution < 1.29 is 0 Å². The van der Waals surface area contributed by atoms with E-state index in [1.807, 2.05) is 48.5 Å². The number of halogens is 1. The van der Waals surface area contributed by atoms with Crippen molar-refractivity contribution in [3.63, 3.8) is 0 Å². The van der Waals surface area contributed by atoms with Gasteiger partial charge in [-0.05, 0) is 48.7 Å². The number of nitrogens with zero attached hydrogens (tertiary/aromatic N) is 2. The van der Waals surface area contributed by atoms with Crippen molar-refractivity contribution in [1.82, 2.24) is 4.90 Å². The Bertz CT molecular complexity index is 859. The van der Waals surface area contributed by atoms with Gasteiger partial charge in [-0.1, -0.05) is 84.4 Å². The van der Waals surface area contributed by atoms with E-state index in [1.54, 1.807) is 0 Å². The zero-order chi connectivity index (χ0) is 19.8. The average molecular weight is 389 g/mol. The standard InChI is InChI=1S/C25H25ClN2/c1-28(18-16-21-12-14-24(26)15-13-21)19-17-25(20-27,22-8-4-2-5-9-22)23-10-6-3-7-11-23/h2-15H,16-19H2,1H3. The molecular weight excluding hydrogens is 364 g/mol. The van der Waals surface area contributed by atoms with E-state index in [4.69, 9.17) is 11.6 Å². The van der Waals surface area contributed by atoms with Crippen LogP contribution in [0.4, 0.5) is 0 Å². The van der Waals surface area contributed by atoms with Crippen molar-refractivity contribution in [2.24, 2.45) is 0 Å². The van der Waals surface area contributed by atoms with Gasteiger partial charge in [-0.2, -0.15) is 5.26 Å².